The van der Waals surface area contributed by atoms with Gasteiger partial charge >= 0.3 is 0 Å². The lowest BCUT2D eigenvalue weighted by Gasteiger charge is -2.28. The molecule has 2 heterocycles. The van der Waals surface area contributed by atoms with Crippen LogP contribution >= 0.6 is 0 Å². The van der Waals surface area contributed by atoms with Crippen LogP contribution in [0.4, 0.5) is 0 Å². The number of rotatable bonds is 2. The van der Waals surface area contributed by atoms with Crippen LogP contribution in [-0.4, -0.2) is 49.2 Å². The minimum Gasteiger partial charge on any atom is -0.366 e. The van der Waals surface area contributed by atoms with Gasteiger partial charge in [-0.3, -0.25) is 4.79 Å². The SMILES string of the molecule is CC(C)N1CCC(C2CNC(=O)CO2)C1. The van der Waals surface area contributed by atoms with Crippen molar-refractivity contribution in [3.63, 3.8) is 0 Å². The fourth-order valence-electron chi connectivity index (χ4n) is 2.40. The van der Waals surface area contributed by atoms with E-state index in [1.165, 1.54) is 6.42 Å². The van der Waals surface area contributed by atoms with Crippen molar-refractivity contribution in [2.24, 2.45) is 5.92 Å². The highest BCUT2D eigenvalue weighted by atomic mass is 16.5. The van der Waals surface area contributed by atoms with Gasteiger partial charge < -0.3 is 15.0 Å². The van der Waals surface area contributed by atoms with Crippen molar-refractivity contribution in [1.29, 1.82) is 0 Å². The van der Waals surface area contributed by atoms with Crippen LogP contribution in [0.25, 0.3) is 0 Å². The van der Waals surface area contributed by atoms with E-state index in [-0.39, 0.29) is 18.6 Å². The Hall–Kier alpha value is -0.610. The van der Waals surface area contributed by atoms with Crippen LogP contribution in [0.2, 0.25) is 0 Å². The standard InChI is InChI=1S/C11H20N2O2/c1-8(2)13-4-3-9(6-13)10-5-12-11(14)7-15-10/h8-10H,3-7H2,1-2H3,(H,12,14). The maximum absolute atomic E-state index is 10.9. The molecule has 0 aromatic heterocycles. The lowest BCUT2D eigenvalue weighted by molar-refractivity contribution is -0.135. The molecule has 1 amide bonds. The van der Waals surface area contributed by atoms with Gasteiger partial charge in [0, 0.05) is 25.0 Å². The van der Waals surface area contributed by atoms with E-state index < -0.39 is 0 Å². The Labute approximate surface area is 91.0 Å². The lowest BCUT2D eigenvalue weighted by atomic mass is 10.0. The van der Waals surface area contributed by atoms with Crippen molar-refractivity contribution in [3.05, 3.63) is 0 Å². The highest BCUT2D eigenvalue weighted by molar-refractivity contribution is 5.77. The normalized spacial score (nSPS) is 33.4. The molecule has 2 atom stereocenters. The monoisotopic (exact) mass is 212 g/mol. The number of ether oxygens (including phenoxy) is 1. The molecule has 4 heteroatoms. The molecule has 4 nitrogen and oxygen atoms in total. The molecule has 2 aliphatic heterocycles. The first-order valence-corrected chi connectivity index (χ1v) is 5.79. The molecular weight excluding hydrogens is 192 g/mol. The summed E-state index contributed by atoms with van der Waals surface area (Å²) in [7, 11) is 0. The fourth-order valence-corrected chi connectivity index (χ4v) is 2.40. The van der Waals surface area contributed by atoms with Gasteiger partial charge in [-0.05, 0) is 26.8 Å². The second kappa shape index (κ2) is 4.49. The van der Waals surface area contributed by atoms with Gasteiger partial charge in [-0.1, -0.05) is 0 Å². The third-order valence-corrected chi connectivity index (χ3v) is 3.44. The number of amides is 1. The van der Waals surface area contributed by atoms with Crippen LogP contribution in [0.1, 0.15) is 20.3 Å². The average molecular weight is 212 g/mol. The molecule has 15 heavy (non-hydrogen) atoms. The van der Waals surface area contributed by atoms with E-state index in [0.717, 1.165) is 13.1 Å². The first-order chi connectivity index (χ1) is 7.16. The number of hydrogen-bond acceptors (Lipinski definition) is 3. The van der Waals surface area contributed by atoms with Crippen molar-refractivity contribution in [3.8, 4) is 0 Å². The van der Waals surface area contributed by atoms with Crippen molar-refractivity contribution < 1.29 is 9.53 Å². The predicted octanol–water partition coefficient (Wildman–Crippen LogP) is 0.232. The maximum atomic E-state index is 10.9. The third-order valence-electron chi connectivity index (χ3n) is 3.44. The van der Waals surface area contributed by atoms with Gasteiger partial charge in [0.05, 0.1) is 6.10 Å². The molecule has 2 rings (SSSR count). The molecule has 0 aromatic carbocycles. The number of hydrogen-bond donors (Lipinski definition) is 1. The largest absolute Gasteiger partial charge is 0.366 e. The van der Waals surface area contributed by atoms with Crippen molar-refractivity contribution >= 4 is 5.91 Å². The number of carbonyl (C=O) groups excluding carboxylic acids is 1. The Morgan fingerprint density at radius 3 is 2.87 bits per heavy atom. The molecule has 2 unspecified atom stereocenters. The van der Waals surface area contributed by atoms with Gasteiger partial charge in [0.15, 0.2) is 0 Å². The van der Waals surface area contributed by atoms with Gasteiger partial charge in [0.1, 0.15) is 6.61 Å². The quantitative estimate of drug-likeness (QED) is 0.712. The molecule has 0 bridgehead atoms. The average Bonchev–Trinajstić information content (AvgIpc) is 2.68. The van der Waals surface area contributed by atoms with Gasteiger partial charge in [0.25, 0.3) is 0 Å². The minimum absolute atomic E-state index is 0.0185. The summed E-state index contributed by atoms with van der Waals surface area (Å²) >= 11 is 0. The Morgan fingerprint density at radius 1 is 1.53 bits per heavy atom. The Kier molecular flexibility index (Phi) is 3.26. The molecule has 0 spiro atoms. The molecule has 2 fully saturated rings. The van der Waals surface area contributed by atoms with E-state index in [0.29, 0.717) is 18.5 Å². The van der Waals surface area contributed by atoms with Crippen molar-refractivity contribution in [2.45, 2.75) is 32.4 Å². The predicted molar refractivity (Wildman–Crippen MR) is 57.6 cm³/mol. The topological polar surface area (TPSA) is 41.6 Å². The molecule has 0 radical (unpaired) electrons. The zero-order valence-electron chi connectivity index (χ0n) is 9.53. The number of likely N-dealkylation sites (tertiary alicyclic amines) is 1. The summed E-state index contributed by atoms with van der Waals surface area (Å²) in [5, 5.41) is 2.87. The van der Waals surface area contributed by atoms with E-state index >= 15 is 0 Å². The maximum Gasteiger partial charge on any atom is 0.246 e. The summed E-state index contributed by atoms with van der Waals surface area (Å²) < 4.78 is 5.56. The van der Waals surface area contributed by atoms with Gasteiger partial charge in [0.2, 0.25) is 5.91 Å². The van der Waals surface area contributed by atoms with E-state index in [1.54, 1.807) is 0 Å². The van der Waals surface area contributed by atoms with Crippen LogP contribution < -0.4 is 5.32 Å². The lowest BCUT2D eigenvalue weighted by Crippen LogP contribution is -2.47. The molecule has 2 aliphatic rings. The van der Waals surface area contributed by atoms with Gasteiger partial charge in [-0.25, -0.2) is 0 Å². The zero-order valence-corrected chi connectivity index (χ0v) is 9.53. The van der Waals surface area contributed by atoms with Crippen molar-refractivity contribution in [2.75, 3.05) is 26.2 Å². The highest BCUT2D eigenvalue weighted by Crippen LogP contribution is 2.24. The first kappa shape index (κ1) is 10.9. The van der Waals surface area contributed by atoms with Gasteiger partial charge in [-0.2, -0.15) is 0 Å². The minimum atomic E-state index is 0.0185. The summed E-state index contributed by atoms with van der Waals surface area (Å²) in [5.74, 6) is 0.609. The second-order valence-corrected chi connectivity index (χ2v) is 4.79. The van der Waals surface area contributed by atoms with Gasteiger partial charge in [-0.15, -0.1) is 0 Å². The van der Waals surface area contributed by atoms with E-state index in [2.05, 4.69) is 24.1 Å². The van der Waals surface area contributed by atoms with Crippen LogP contribution in [0.15, 0.2) is 0 Å². The van der Waals surface area contributed by atoms with Crippen molar-refractivity contribution in [1.82, 2.24) is 10.2 Å². The Bertz CT molecular complexity index is 233. The van der Waals surface area contributed by atoms with Crippen LogP contribution in [-0.2, 0) is 9.53 Å². The molecule has 86 valence electrons. The summed E-state index contributed by atoms with van der Waals surface area (Å²) in [6, 6.07) is 0.619. The smallest absolute Gasteiger partial charge is 0.246 e. The number of nitrogens with zero attached hydrogens (tertiary/aromatic N) is 1. The third kappa shape index (κ3) is 2.49. The summed E-state index contributed by atoms with van der Waals surface area (Å²) in [6.07, 6.45) is 1.42. The summed E-state index contributed by atoms with van der Waals surface area (Å²) in [4.78, 5) is 13.4. The molecule has 0 aromatic rings. The van der Waals surface area contributed by atoms with Crippen LogP contribution in [0, 0.1) is 5.92 Å². The summed E-state index contributed by atoms with van der Waals surface area (Å²) in [5.41, 5.74) is 0. The number of nitrogens with one attached hydrogen (secondary N) is 1. The second-order valence-electron chi connectivity index (χ2n) is 4.79. The highest BCUT2D eigenvalue weighted by Gasteiger charge is 2.33. The summed E-state index contributed by atoms with van der Waals surface area (Å²) in [6.45, 7) is 7.66. The molecule has 2 saturated heterocycles. The molecular formula is C11H20N2O2. The number of carbonyl (C=O) groups is 1. The van der Waals surface area contributed by atoms with Crippen LogP contribution in [0.3, 0.4) is 0 Å². The van der Waals surface area contributed by atoms with E-state index in [9.17, 15) is 4.79 Å². The molecule has 0 saturated carbocycles. The first-order valence-electron chi connectivity index (χ1n) is 5.79. The Balaban J connectivity index is 1.83. The Morgan fingerprint density at radius 2 is 2.33 bits per heavy atom. The zero-order chi connectivity index (χ0) is 10.8. The van der Waals surface area contributed by atoms with E-state index in [4.69, 9.17) is 4.74 Å². The number of morpholine rings is 1. The molecule has 0 aliphatic carbocycles. The fraction of sp³-hybridized carbons (Fsp3) is 0.909. The van der Waals surface area contributed by atoms with Crippen LogP contribution in [0.5, 0.6) is 0 Å². The van der Waals surface area contributed by atoms with E-state index in [1.807, 2.05) is 0 Å². The molecule has 1 N–H and O–H groups in total.